The van der Waals surface area contributed by atoms with E-state index in [1.54, 1.807) is 18.2 Å². The third-order valence-corrected chi connectivity index (χ3v) is 7.13. The van der Waals surface area contributed by atoms with Gasteiger partial charge in [0.25, 0.3) is 0 Å². The fraction of sp³-hybridized carbons (Fsp3) is 0.667. The largest absolute Gasteiger partial charge is 0.435 e. The number of hydrogen-bond acceptors (Lipinski definition) is 5. The number of hydrogen-bond donors (Lipinski definition) is 2. The van der Waals surface area contributed by atoms with Crippen molar-refractivity contribution in [3.05, 3.63) is 24.3 Å². The topological polar surface area (TPSA) is 78.9 Å². The van der Waals surface area contributed by atoms with E-state index in [9.17, 15) is 22.3 Å². The summed E-state index contributed by atoms with van der Waals surface area (Å²) in [6.45, 7) is 0.972. The molecule has 0 saturated carbocycles. The Hall–Kier alpha value is -1.29. The molecule has 0 aromatic heterocycles. The number of nitrogens with zero attached hydrogens (tertiary/aromatic N) is 1. The van der Waals surface area contributed by atoms with Gasteiger partial charge in [-0.25, -0.2) is 8.42 Å². The molecule has 0 spiro atoms. The molecule has 152 valence electrons. The van der Waals surface area contributed by atoms with Crippen molar-refractivity contribution in [2.24, 2.45) is 0 Å². The highest BCUT2D eigenvalue weighted by Gasteiger charge is 2.47. The zero-order valence-electron chi connectivity index (χ0n) is 15.4. The van der Waals surface area contributed by atoms with Gasteiger partial charge in [-0.3, -0.25) is 0 Å². The van der Waals surface area contributed by atoms with E-state index in [0.29, 0.717) is 19.4 Å². The third-order valence-electron chi connectivity index (χ3n) is 5.11. The number of fused-ring (bicyclic) bond motifs is 2. The predicted octanol–water partition coefficient (Wildman–Crippen LogP) is 2.33. The molecule has 2 saturated heterocycles. The van der Waals surface area contributed by atoms with E-state index in [2.05, 4.69) is 10.1 Å². The normalized spacial score (nSPS) is 26.5. The van der Waals surface area contributed by atoms with E-state index >= 15 is 0 Å². The van der Waals surface area contributed by atoms with E-state index in [4.69, 9.17) is 0 Å². The molecular formula is C18H26F2N2O4S. The van der Waals surface area contributed by atoms with Crippen LogP contribution in [0.15, 0.2) is 29.2 Å². The molecule has 0 radical (unpaired) electrons. The first-order valence-corrected chi connectivity index (χ1v) is 10.5. The number of alkyl halides is 2. The highest BCUT2D eigenvalue weighted by molar-refractivity contribution is 7.89. The predicted molar refractivity (Wildman–Crippen MR) is 96.2 cm³/mol. The van der Waals surface area contributed by atoms with Crippen LogP contribution < -0.4 is 10.1 Å². The molecule has 0 amide bonds. The van der Waals surface area contributed by atoms with Crippen molar-refractivity contribution >= 4 is 10.0 Å². The van der Waals surface area contributed by atoms with Gasteiger partial charge in [0.1, 0.15) is 5.75 Å². The second-order valence-electron chi connectivity index (χ2n) is 7.93. The maximum atomic E-state index is 13.1. The minimum Gasteiger partial charge on any atom is -0.435 e. The first-order chi connectivity index (χ1) is 12.6. The molecule has 2 aliphatic rings. The second kappa shape index (κ2) is 7.62. The van der Waals surface area contributed by atoms with Crippen LogP contribution in [0.5, 0.6) is 5.75 Å². The number of piperidine rings is 1. The van der Waals surface area contributed by atoms with Crippen LogP contribution >= 0.6 is 0 Å². The van der Waals surface area contributed by atoms with Crippen molar-refractivity contribution in [1.82, 2.24) is 9.62 Å². The summed E-state index contributed by atoms with van der Waals surface area (Å²) >= 11 is 0. The lowest BCUT2D eigenvalue weighted by Crippen LogP contribution is -2.53. The van der Waals surface area contributed by atoms with Crippen LogP contribution in [0.1, 0.15) is 39.5 Å². The van der Waals surface area contributed by atoms with Gasteiger partial charge in [-0.15, -0.1) is 0 Å². The SMILES string of the molecule is CC(C)(O)CNC1C[C@H]2CC[C@@H](C1)N2S(=O)(=O)c1ccc(OC(F)F)cc1. The minimum atomic E-state index is -3.70. The van der Waals surface area contributed by atoms with Gasteiger partial charge in [0, 0.05) is 24.7 Å². The second-order valence-corrected chi connectivity index (χ2v) is 9.77. The fourth-order valence-corrected chi connectivity index (χ4v) is 5.89. The molecule has 2 bridgehead atoms. The summed E-state index contributed by atoms with van der Waals surface area (Å²) < 4.78 is 56.5. The van der Waals surface area contributed by atoms with Crippen LogP contribution in [0.4, 0.5) is 8.78 Å². The molecule has 3 rings (SSSR count). The van der Waals surface area contributed by atoms with Gasteiger partial charge >= 0.3 is 6.61 Å². The summed E-state index contributed by atoms with van der Waals surface area (Å²) in [7, 11) is -3.70. The third kappa shape index (κ3) is 4.77. The highest BCUT2D eigenvalue weighted by atomic mass is 32.2. The molecule has 0 aliphatic carbocycles. The highest BCUT2D eigenvalue weighted by Crippen LogP contribution is 2.40. The van der Waals surface area contributed by atoms with Crippen molar-refractivity contribution in [3.63, 3.8) is 0 Å². The molecule has 2 aliphatic heterocycles. The van der Waals surface area contributed by atoms with Crippen LogP contribution in [-0.2, 0) is 10.0 Å². The number of benzene rings is 1. The Balaban J connectivity index is 1.71. The maximum Gasteiger partial charge on any atom is 0.387 e. The summed E-state index contributed by atoms with van der Waals surface area (Å²) in [5, 5.41) is 13.2. The van der Waals surface area contributed by atoms with E-state index < -0.39 is 22.2 Å². The lowest BCUT2D eigenvalue weighted by molar-refractivity contribution is -0.0498. The lowest BCUT2D eigenvalue weighted by atomic mass is 9.98. The van der Waals surface area contributed by atoms with Crippen LogP contribution in [-0.4, -0.2) is 54.7 Å². The van der Waals surface area contributed by atoms with Crippen LogP contribution in [0, 0.1) is 0 Å². The van der Waals surface area contributed by atoms with Crippen LogP contribution in [0.25, 0.3) is 0 Å². The Bertz CT molecular complexity index is 736. The Morgan fingerprint density at radius 2 is 1.78 bits per heavy atom. The monoisotopic (exact) mass is 404 g/mol. The van der Waals surface area contributed by atoms with Gasteiger partial charge in [-0.1, -0.05) is 0 Å². The molecular weight excluding hydrogens is 378 g/mol. The Labute approximate surface area is 158 Å². The van der Waals surface area contributed by atoms with Gasteiger partial charge < -0.3 is 15.2 Å². The molecule has 6 nitrogen and oxygen atoms in total. The zero-order chi connectivity index (χ0) is 19.8. The summed E-state index contributed by atoms with van der Waals surface area (Å²) in [6, 6.07) is 5.10. The van der Waals surface area contributed by atoms with Gasteiger partial charge in [0.05, 0.1) is 10.5 Å². The molecule has 9 heteroatoms. The smallest absolute Gasteiger partial charge is 0.387 e. The summed E-state index contributed by atoms with van der Waals surface area (Å²) in [5.41, 5.74) is -0.815. The number of aliphatic hydroxyl groups is 1. The van der Waals surface area contributed by atoms with E-state index in [1.807, 2.05) is 0 Å². The number of halogens is 2. The molecule has 3 atom stereocenters. The molecule has 1 aromatic rings. The van der Waals surface area contributed by atoms with Gasteiger partial charge in [-0.2, -0.15) is 13.1 Å². The molecule has 1 unspecified atom stereocenters. The summed E-state index contributed by atoms with van der Waals surface area (Å²) in [4.78, 5) is 0.0870. The summed E-state index contributed by atoms with van der Waals surface area (Å²) in [6.07, 6.45) is 2.99. The maximum absolute atomic E-state index is 13.1. The van der Waals surface area contributed by atoms with Gasteiger partial charge in [-0.05, 0) is 63.8 Å². The molecule has 1 aromatic carbocycles. The van der Waals surface area contributed by atoms with E-state index in [0.717, 1.165) is 12.8 Å². The van der Waals surface area contributed by atoms with Crippen LogP contribution in [0.3, 0.4) is 0 Å². The minimum absolute atomic E-state index is 0.0681. The number of sulfonamides is 1. The van der Waals surface area contributed by atoms with E-state index in [-0.39, 0.29) is 28.8 Å². The molecule has 27 heavy (non-hydrogen) atoms. The van der Waals surface area contributed by atoms with Crippen molar-refractivity contribution in [2.45, 2.75) is 74.8 Å². The molecule has 2 N–H and O–H groups in total. The standard InChI is InChI=1S/C18H26F2N2O4S/c1-18(2,23)11-21-12-9-13-3-4-14(10-12)22(13)27(24,25)16-7-5-15(6-8-16)26-17(19)20/h5-8,12-14,17,21,23H,3-4,9-11H2,1-2H3/t12?,13-,14+. The average molecular weight is 404 g/mol. The average Bonchev–Trinajstić information content (AvgIpc) is 2.84. The zero-order valence-corrected chi connectivity index (χ0v) is 16.3. The first kappa shape index (κ1) is 20.4. The van der Waals surface area contributed by atoms with Crippen LogP contribution in [0.2, 0.25) is 0 Å². The number of ether oxygens (including phenoxy) is 1. The fourth-order valence-electron chi connectivity index (χ4n) is 4.00. The number of nitrogens with one attached hydrogen (secondary N) is 1. The molecule has 2 heterocycles. The quantitative estimate of drug-likeness (QED) is 0.729. The van der Waals surface area contributed by atoms with Crippen molar-refractivity contribution in [1.29, 1.82) is 0 Å². The Morgan fingerprint density at radius 3 is 2.26 bits per heavy atom. The lowest BCUT2D eigenvalue weighted by Gasteiger charge is -2.39. The first-order valence-electron chi connectivity index (χ1n) is 9.10. The Morgan fingerprint density at radius 1 is 1.22 bits per heavy atom. The summed E-state index contributed by atoms with van der Waals surface area (Å²) in [5.74, 6) is -0.0681. The van der Waals surface area contributed by atoms with E-state index in [1.165, 1.54) is 24.3 Å². The molecule has 2 fully saturated rings. The Kier molecular flexibility index (Phi) is 5.77. The van der Waals surface area contributed by atoms with Crippen molar-refractivity contribution in [2.75, 3.05) is 6.54 Å². The van der Waals surface area contributed by atoms with Gasteiger partial charge in [0.15, 0.2) is 0 Å². The van der Waals surface area contributed by atoms with Crippen molar-refractivity contribution < 1.29 is 27.0 Å². The van der Waals surface area contributed by atoms with Crippen molar-refractivity contribution in [3.8, 4) is 5.75 Å². The van der Waals surface area contributed by atoms with Gasteiger partial charge in [0.2, 0.25) is 10.0 Å². The number of rotatable bonds is 7.